The number of hydrogen-bond donors (Lipinski definition) is 2. The second kappa shape index (κ2) is 6.19. The number of benzene rings is 1. The second-order valence-electron chi connectivity index (χ2n) is 4.75. The minimum absolute atomic E-state index is 0.00375. The summed E-state index contributed by atoms with van der Waals surface area (Å²) in [5.74, 6) is 1.77. The number of nitrogens with two attached hydrogens (primary N) is 1. The zero-order valence-corrected chi connectivity index (χ0v) is 11.8. The van der Waals surface area contributed by atoms with Gasteiger partial charge in [-0.05, 0) is 30.0 Å². The summed E-state index contributed by atoms with van der Waals surface area (Å²) in [6.45, 7) is 4.33. The molecule has 1 aromatic heterocycles. The van der Waals surface area contributed by atoms with Gasteiger partial charge in [0.05, 0.1) is 0 Å². The van der Waals surface area contributed by atoms with Crippen molar-refractivity contribution in [3.8, 4) is 11.6 Å². The fourth-order valence-electron chi connectivity index (χ4n) is 1.91. The summed E-state index contributed by atoms with van der Waals surface area (Å²) < 4.78 is 5.84. The Labute approximate surface area is 119 Å². The van der Waals surface area contributed by atoms with Crippen molar-refractivity contribution in [2.75, 3.05) is 0 Å². The van der Waals surface area contributed by atoms with Crippen molar-refractivity contribution in [2.45, 2.75) is 26.2 Å². The zero-order valence-electron chi connectivity index (χ0n) is 11.8. The number of nitrogen functional groups attached to an aromatic ring is 1. The number of rotatable bonds is 5. The molecule has 1 aromatic carbocycles. The summed E-state index contributed by atoms with van der Waals surface area (Å²) in [7, 11) is 0. The third-order valence-electron chi connectivity index (χ3n) is 3.32. The van der Waals surface area contributed by atoms with Crippen LogP contribution in [0.15, 0.2) is 42.6 Å². The molecule has 0 saturated heterocycles. The van der Waals surface area contributed by atoms with Gasteiger partial charge in [-0.1, -0.05) is 32.0 Å². The van der Waals surface area contributed by atoms with E-state index in [9.17, 15) is 0 Å². The Morgan fingerprint density at radius 3 is 2.65 bits per heavy atom. The van der Waals surface area contributed by atoms with Crippen LogP contribution >= 0.6 is 0 Å². The van der Waals surface area contributed by atoms with Crippen molar-refractivity contribution in [2.24, 2.45) is 5.73 Å². The summed E-state index contributed by atoms with van der Waals surface area (Å²) >= 11 is 0. The number of ether oxygens (including phenoxy) is 1. The van der Waals surface area contributed by atoms with Crippen molar-refractivity contribution in [3.05, 3.63) is 53.7 Å². The number of pyridine rings is 1. The summed E-state index contributed by atoms with van der Waals surface area (Å²) in [5, 5.41) is 7.34. The molecular weight excluding hydrogens is 250 g/mol. The van der Waals surface area contributed by atoms with Gasteiger partial charge in [-0.15, -0.1) is 0 Å². The van der Waals surface area contributed by atoms with Crippen LogP contribution in [0.2, 0.25) is 0 Å². The highest BCUT2D eigenvalue weighted by Gasteiger charge is 2.10. The number of nitrogens with one attached hydrogen (secondary N) is 1. The molecule has 104 valence electrons. The lowest BCUT2D eigenvalue weighted by atomic mass is 9.98. The van der Waals surface area contributed by atoms with E-state index in [-0.39, 0.29) is 5.84 Å². The first kappa shape index (κ1) is 14.1. The van der Waals surface area contributed by atoms with Crippen LogP contribution in [0, 0.1) is 5.41 Å². The Morgan fingerprint density at radius 1 is 1.30 bits per heavy atom. The Bertz CT molecular complexity index is 593. The van der Waals surface area contributed by atoms with Gasteiger partial charge in [0.2, 0.25) is 5.88 Å². The molecule has 0 aliphatic heterocycles. The van der Waals surface area contributed by atoms with Gasteiger partial charge in [-0.3, -0.25) is 5.41 Å². The van der Waals surface area contributed by atoms with E-state index < -0.39 is 0 Å². The minimum atomic E-state index is 0.00375. The fraction of sp³-hybridized carbons (Fsp3) is 0.250. The average Bonchev–Trinajstić information content (AvgIpc) is 2.47. The molecule has 0 fully saturated rings. The predicted octanol–water partition coefficient (Wildman–Crippen LogP) is 3.67. The lowest BCUT2D eigenvalue weighted by Gasteiger charge is -2.14. The SMILES string of the molecule is CCC(C)c1ccccc1Oc1ccc(C(=N)N)cn1. The first-order valence-corrected chi connectivity index (χ1v) is 6.69. The summed E-state index contributed by atoms with van der Waals surface area (Å²) in [5.41, 5.74) is 7.16. The molecule has 1 unspecified atom stereocenters. The molecule has 0 bridgehead atoms. The molecule has 2 aromatic rings. The number of aromatic nitrogens is 1. The van der Waals surface area contributed by atoms with Crippen LogP contribution in [0.1, 0.15) is 37.3 Å². The summed E-state index contributed by atoms with van der Waals surface area (Å²) in [6.07, 6.45) is 2.60. The van der Waals surface area contributed by atoms with E-state index in [2.05, 4.69) is 24.9 Å². The van der Waals surface area contributed by atoms with Crippen LogP contribution in [-0.2, 0) is 0 Å². The molecular formula is C16H19N3O. The van der Waals surface area contributed by atoms with Crippen LogP contribution in [0.4, 0.5) is 0 Å². The van der Waals surface area contributed by atoms with E-state index in [1.54, 1.807) is 18.3 Å². The quantitative estimate of drug-likeness (QED) is 0.642. The molecule has 2 rings (SSSR count). The Morgan fingerprint density at radius 2 is 2.05 bits per heavy atom. The monoisotopic (exact) mass is 269 g/mol. The number of nitrogens with zero attached hydrogens (tertiary/aromatic N) is 1. The number of amidine groups is 1. The minimum Gasteiger partial charge on any atom is -0.439 e. The van der Waals surface area contributed by atoms with Gasteiger partial charge in [0.15, 0.2) is 0 Å². The number of hydrogen-bond acceptors (Lipinski definition) is 3. The van der Waals surface area contributed by atoms with Crippen LogP contribution in [0.5, 0.6) is 11.6 Å². The maximum Gasteiger partial charge on any atom is 0.219 e. The molecule has 0 aliphatic carbocycles. The number of para-hydroxylation sites is 1. The molecule has 4 heteroatoms. The van der Waals surface area contributed by atoms with Gasteiger partial charge in [0, 0.05) is 17.8 Å². The molecule has 3 N–H and O–H groups in total. The van der Waals surface area contributed by atoms with Crippen LogP contribution in [-0.4, -0.2) is 10.8 Å². The Kier molecular flexibility index (Phi) is 4.35. The van der Waals surface area contributed by atoms with E-state index in [0.29, 0.717) is 17.4 Å². The smallest absolute Gasteiger partial charge is 0.219 e. The largest absolute Gasteiger partial charge is 0.439 e. The molecule has 1 heterocycles. The predicted molar refractivity (Wildman–Crippen MR) is 80.5 cm³/mol. The van der Waals surface area contributed by atoms with E-state index in [1.807, 2.05) is 18.2 Å². The first-order valence-electron chi connectivity index (χ1n) is 6.69. The van der Waals surface area contributed by atoms with Crippen LogP contribution in [0.3, 0.4) is 0 Å². The highest BCUT2D eigenvalue weighted by Crippen LogP contribution is 2.31. The third-order valence-corrected chi connectivity index (χ3v) is 3.32. The molecule has 0 aliphatic rings. The van der Waals surface area contributed by atoms with Crippen molar-refractivity contribution >= 4 is 5.84 Å². The third kappa shape index (κ3) is 3.15. The molecule has 0 amide bonds. The maximum absolute atomic E-state index is 7.34. The Balaban J connectivity index is 2.23. The topological polar surface area (TPSA) is 72.0 Å². The van der Waals surface area contributed by atoms with Crippen molar-refractivity contribution in [1.82, 2.24) is 4.98 Å². The Hall–Kier alpha value is -2.36. The lowest BCUT2D eigenvalue weighted by Crippen LogP contribution is -2.11. The standard InChI is InChI=1S/C16H19N3O/c1-3-11(2)13-6-4-5-7-14(13)20-15-9-8-12(10-19-15)16(17)18/h4-11H,3H2,1-2H3,(H3,17,18). The van der Waals surface area contributed by atoms with Crippen molar-refractivity contribution in [1.29, 1.82) is 5.41 Å². The van der Waals surface area contributed by atoms with Crippen LogP contribution < -0.4 is 10.5 Å². The molecule has 20 heavy (non-hydrogen) atoms. The first-order chi connectivity index (χ1) is 9.61. The molecule has 4 nitrogen and oxygen atoms in total. The molecule has 1 atom stereocenters. The van der Waals surface area contributed by atoms with Gasteiger partial charge >= 0.3 is 0 Å². The normalized spacial score (nSPS) is 11.9. The maximum atomic E-state index is 7.34. The van der Waals surface area contributed by atoms with Crippen LogP contribution in [0.25, 0.3) is 0 Å². The van der Waals surface area contributed by atoms with Gasteiger partial charge in [-0.2, -0.15) is 0 Å². The van der Waals surface area contributed by atoms with Gasteiger partial charge < -0.3 is 10.5 Å². The van der Waals surface area contributed by atoms with E-state index >= 15 is 0 Å². The van der Waals surface area contributed by atoms with Crippen molar-refractivity contribution in [3.63, 3.8) is 0 Å². The van der Waals surface area contributed by atoms with Gasteiger partial charge in [-0.25, -0.2) is 4.98 Å². The summed E-state index contributed by atoms with van der Waals surface area (Å²) in [4.78, 5) is 4.18. The van der Waals surface area contributed by atoms with E-state index in [4.69, 9.17) is 15.9 Å². The highest BCUT2D eigenvalue weighted by atomic mass is 16.5. The van der Waals surface area contributed by atoms with Gasteiger partial charge in [0.1, 0.15) is 11.6 Å². The van der Waals surface area contributed by atoms with E-state index in [0.717, 1.165) is 12.2 Å². The summed E-state index contributed by atoms with van der Waals surface area (Å²) in [6, 6.07) is 11.4. The zero-order chi connectivity index (χ0) is 14.5. The second-order valence-corrected chi connectivity index (χ2v) is 4.75. The highest BCUT2D eigenvalue weighted by molar-refractivity contribution is 5.94. The lowest BCUT2D eigenvalue weighted by molar-refractivity contribution is 0.452. The van der Waals surface area contributed by atoms with Crippen molar-refractivity contribution < 1.29 is 4.74 Å². The molecule has 0 radical (unpaired) electrons. The molecule has 0 saturated carbocycles. The fourth-order valence-corrected chi connectivity index (χ4v) is 1.91. The molecule has 0 spiro atoms. The van der Waals surface area contributed by atoms with E-state index in [1.165, 1.54) is 5.56 Å². The average molecular weight is 269 g/mol. The van der Waals surface area contributed by atoms with Gasteiger partial charge in [0.25, 0.3) is 0 Å².